The smallest absolute Gasteiger partial charge is 0.407 e. The summed E-state index contributed by atoms with van der Waals surface area (Å²) in [4.78, 5) is 40.3. The molecule has 2 heterocycles. The third-order valence-electron chi connectivity index (χ3n) is 6.06. The molecule has 43 heavy (non-hydrogen) atoms. The summed E-state index contributed by atoms with van der Waals surface area (Å²) in [5.74, 6) is -0.0632. The second-order valence-corrected chi connectivity index (χ2v) is 10.6. The molecule has 0 aliphatic carbocycles. The number of nitrogens with zero attached hydrogens (tertiary/aromatic N) is 2. The molecule has 244 valence electrons. The maximum absolute atomic E-state index is 11.6. The van der Waals surface area contributed by atoms with Crippen molar-refractivity contribution in [2.24, 2.45) is 5.73 Å². The van der Waals surface area contributed by atoms with Crippen LogP contribution in [0.2, 0.25) is 0 Å². The molecule has 1 amide bonds. The summed E-state index contributed by atoms with van der Waals surface area (Å²) in [6.07, 6.45) is 3.38. The Morgan fingerprint density at radius 2 is 1.33 bits per heavy atom. The third kappa shape index (κ3) is 13.4. The molecule has 0 bridgehead atoms. The molecule has 0 spiro atoms. The minimum Gasteiger partial charge on any atom is -0.506 e. The van der Waals surface area contributed by atoms with Crippen LogP contribution in [-0.4, -0.2) is 67.4 Å². The van der Waals surface area contributed by atoms with Gasteiger partial charge in [-0.25, -0.2) is 24.3 Å². The van der Waals surface area contributed by atoms with Gasteiger partial charge in [0.25, 0.3) is 0 Å². The Morgan fingerprint density at radius 1 is 0.884 bits per heavy atom. The molecule has 2 unspecified atom stereocenters. The first-order valence-corrected chi connectivity index (χ1v) is 14.1. The average Bonchev–Trinajstić information content (AvgIpc) is 2.96. The zero-order valence-electron chi connectivity index (χ0n) is 26.2. The standard InChI is InChI=1S/C17H28N2O6.C12H20N2O4/c1-6-13(8-19-16(22)24-17(3,4)5)25-23-10-12-7-18-11(2)15(21)14(12)9-20;1-3-10(4-13)18-17-7-9-5-14-8(2)12(16)11(9)6-15/h7,13,20-21H,6,8-10H2,1-5H3,(H,19,22);5,10,15-16H,3-4,6-7,13H2,1-2H3. The monoisotopic (exact) mass is 612 g/mol. The first kappa shape index (κ1) is 37.9. The number of nitrogens with one attached hydrogen (secondary N) is 1. The van der Waals surface area contributed by atoms with Crippen LogP contribution in [0.4, 0.5) is 4.79 Å². The van der Waals surface area contributed by atoms with Crippen LogP contribution in [0.25, 0.3) is 0 Å². The zero-order chi connectivity index (χ0) is 32.6. The van der Waals surface area contributed by atoms with Gasteiger partial charge in [0.2, 0.25) is 0 Å². The predicted octanol–water partition coefficient (Wildman–Crippen LogP) is 3.11. The summed E-state index contributed by atoms with van der Waals surface area (Å²) in [7, 11) is 0. The quantitative estimate of drug-likeness (QED) is 0.126. The van der Waals surface area contributed by atoms with Gasteiger partial charge in [0, 0.05) is 41.2 Å². The normalized spacial score (nSPS) is 12.7. The van der Waals surface area contributed by atoms with Gasteiger partial charge < -0.3 is 36.2 Å². The summed E-state index contributed by atoms with van der Waals surface area (Å²) in [5.41, 5.74) is 7.69. The maximum atomic E-state index is 11.6. The van der Waals surface area contributed by atoms with Gasteiger partial charge in [-0.2, -0.15) is 0 Å². The number of aliphatic hydroxyl groups is 2. The molecule has 0 saturated carbocycles. The maximum Gasteiger partial charge on any atom is 0.407 e. The zero-order valence-corrected chi connectivity index (χ0v) is 26.2. The van der Waals surface area contributed by atoms with Crippen molar-refractivity contribution in [1.29, 1.82) is 0 Å². The fourth-order valence-electron chi connectivity index (χ4n) is 3.39. The average molecular weight is 613 g/mol. The third-order valence-corrected chi connectivity index (χ3v) is 6.06. The minimum absolute atomic E-state index is 0.00975. The fourth-order valence-corrected chi connectivity index (χ4v) is 3.39. The van der Waals surface area contributed by atoms with Crippen LogP contribution in [-0.2, 0) is 50.7 Å². The molecular formula is C29H48N4O10. The van der Waals surface area contributed by atoms with E-state index >= 15 is 0 Å². The summed E-state index contributed by atoms with van der Waals surface area (Å²) >= 11 is 0. The van der Waals surface area contributed by atoms with E-state index in [0.29, 0.717) is 46.6 Å². The number of nitrogens with two attached hydrogens (primary N) is 1. The minimum atomic E-state index is -0.565. The topological polar surface area (TPSA) is 208 Å². The molecule has 14 nitrogen and oxygen atoms in total. The van der Waals surface area contributed by atoms with Crippen LogP contribution in [0.1, 0.15) is 81.1 Å². The van der Waals surface area contributed by atoms with Gasteiger partial charge in [0.15, 0.2) is 0 Å². The van der Waals surface area contributed by atoms with Crippen LogP contribution in [0.5, 0.6) is 11.5 Å². The van der Waals surface area contributed by atoms with Gasteiger partial charge in [0.05, 0.1) is 31.1 Å². The van der Waals surface area contributed by atoms with Crippen LogP contribution in [0.3, 0.4) is 0 Å². The number of alkyl carbamates (subject to hydrolysis) is 1. The van der Waals surface area contributed by atoms with Gasteiger partial charge >= 0.3 is 6.09 Å². The molecule has 0 fully saturated rings. The second-order valence-electron chi connectivity index (χ2n) is 10.6. The number of hydrogen-bond acceptors (Lipinski definition) is 13. The number of aromatic nitrogens is 2. The highest BCUT2D eigenvalue weighted by Crippen LogP contribution is 2.25. The van der Waals surface area contributed by atoms with E-state index in [1.54, 1.807) is 40.8 Å². The number of hydrogen-bond donors (Lipinski definition) is 6. The lowest BCUT2D eigenvalue weighted by Gasteiger charge is -2.21. The molecule has 2 aromatic rings. The van der Waals surface area contributed by atoms with E-state index in [1.165, 1.54) is 6.20 Å². The molecule has 2 aromatic heterocycles. The van der Waals surface area contributed by atoms with Crippen molar-refractivity contribution in [3.63, 3.8) is 0 Å². The number of rotatable bonds is 15. The molecule has 0 aliphatic rings. The van der Waals surface area contributed by atoms with Crippen molar-refractivity contribution in [2.75, 3.05) is 13.1 Å². The Bertz CT molecular complexity index is 1120. The number of carbonyl (C=O) groups excluding carboxylic acids is 1. The number of amides is 1. The second kappa shape index (κ2) is 19.2. The number of aryl methyl sites for hydroxylation is 2. The molecule has 0 saturated heterocycles. The summed E-state index contributed by atoms with van der Waals surface area (Å²) in [6.45, 7) is 12.6. The largest absolute Gasteiger partial charge is 0.506 e. The first-order valence-electron chi connectivity index (χ1n) is 14.1. The predicted molar refractivity (Wildman–Crippen MR) is 156 cm³/mol. The van der Waals surface area contributed by atoms with E-state index < -0.39 is 11.7 Å². The van der Waals surface area contributed by atoms with Crippen molar-refractivity contribution in [1.82, 2.24) is 15.3 Å². The number of aromatic hydroxyl groups is 2. The Hall–Kier alpha value is -3.11. The van der Waals surface area contributed by atoms with Crippen molar-refractivity contribution < 1.29 is 49.5 Å². The Labute approximate surface area is 253 Å². The fraction of sp³-hybridized carbons (Fsp3) is 0.621. The number of ether oxygens (including phenoxy) is 1. The van der Waals surface area contributed by atoms with Crippen molar-refractivity contribution in [3.8, 4) is 11.5 Å². The molecule has 7 N–H and O–H groups in total. The lowest BCUT2D eigenvalue weighted by Crippen LogP contribution is -2.37. The van der Waals surface area contributed by atoms with Crippen LogP contribution < -0.4 is 11.1 Å². The van der Waals surface area contributed by atoms with E-state index in [2.05, 4.69) is 15.3 Å². The molecule has 0 radical (unpaired) electrons. The van der Waals surface area contributed by atoms with Gasteiger partial charge in [-0.3, -0.25) is 9.97 Å². The first-order chi connectivity index (χ1) is 20.3. The molecule has 0 aliphatic heterocycles. The van der Waals surface area contributed by atoms with E-state index in [0.717, 1.165) is 6.42 Å². The Morgan fingerprint density at radius 3 is 1.70 bits per heavy atom. The van der Waals surface area contributed by atoms with Crippen LogP contribution in [0, 0.1) is 13.8 Å². The lowest BCUT2D eigenvalue weighted by atomic mass is 10.1. The highest BCUT2D eigenvalue weighted by atomic mass is 17.2. The summed E-state index contributed by atoms with van der Waals surface area (Å²) in [5, 5.41) is 40.8. The van der Waals surface area contributed by atoms with Gasteiger partial charge in [-0.15, -0.1) is 0 Å². The van der Waals surface area contributed by atoms with Crippen molar-refractivity contribution in [3.05, 3.63) is 46.0 Å². The molecule has 14 heteroatoms. The lowest BCUT2D eigenvalue weighted by molar-refractivity contribution is -0.331. The molecule has 2 atom stereocenters. The molecule has 2 rings (SSSR count). The molecule has 0 aromatic carbocycles. The van der Waals surface area contributed by atoms with Crippen LogP contribution in [0.15, 0.2) is 12.4 Å². The van der Waals surface area contributed by atoms with Gasteiger partial charge in [-0.05, 0) is 47.5 Å². The van der Waals surface area contributed by atoms with Crippen LogP contribution >= 0.6 is 0 Å². The van der Waals surface area contributed by atoms with E-state index in [9.17, 15) is 25.2 Å². The number of aliphatic hydroxyl groups excluding tert-OH is 2. The Kier molecular flexibility index (Phi) is 17.0. The summed E-state index contributed by atoms with van der Waals surface area (Å²) < 4.78 is 5.15. The summed E-state index contributed by atoms with van der Waals surface area (Å²) in [6, 6.07) is 0. The van der Waals surface area contributed by atoms with Crippen molar-refractivity contribution >= 4 is 6.09 Å². The van der Waals surface area contributed by atoms with E-state index in [1.807, 2.05) is 13.8 Å². The highest BCUT2D eigenvalue weighted by Gasteiger charge is 2.18. The number of carbonyl (C=O) groups is 1. The number of pyridine rings is 2. The molecular weight excluding hydrogens is 564 g/mol. The van der Waals surface area contributed by atoms with E-state index in [4.69, 9.17) is 30.0 Å². The highest BCUT2D eigenvalue weighted by molar-refractivity contribution is 5.67. The van der Waals surface area contributed by atoms with Gasteiger partial charge in [0.1, 0.15) is 42.5 Å². The van der Waals surface area contributed by atoms with Crippen molar-refractivity contribution in [2.45, 2.75) is 106 Å². The Balaban J connectivity index is 0.000000453. The van der Waals surface area contributed by atoms with E-state index in [-0.39, 0.29) is 56.7 Å². The van der Waals surface area contributed by atoms with Gasteiger partial charge in [-0.1, -0.05) is 13.8 Å². The SMILES string of the molecule is CCC(CN)OOCc1cnc(C)c(O)c1CO.CCC(CNC(=O)OC(C)(C)C)OOCc1cnc(C)c(O)c1CO.